The fourth-order valence-corrected chi connectivity index (χ4v) is 2.15. The Labute approximate surface area is 108 Å². The van der Waals surface area contributed by atoms with Crippen molar-refractivity contribution >= 4 is 0 Å². The summed E-state index contributed by atoms with van der Waals surface area (Å²) in [4.78, 5) is 0. The highest BCUT2D eigenvalue weighted by molar-refractivity contribution is 4.91. The molecule has 2 aliphatic heterocycles. The van der Waals surface area contributed by atoms with Crippen molar-refractivity contribution in [2.75, 3.05) is 13.2 Å². The lowest BCUT2D eigenvalue weighted by Crippen LogP contribution is -2.42. The summed E-state index contributed by atoms with van der Waals surface area (Å²) in [5.74, 6) is 0. The quantitative estimate of drug-likeness (QED) is 0.302. The third-order valence-electron chi connectivity index (χ3n) is 3.28. The minimum Gasteiger partial charge on any atom is -0.394 e. The number of aliphatic hydroxyl groups excluding tert-OH is 6. The summed E-state index contributed by atoms with van der Waals surface area (Å²) < 4.78 is 15.1. The highest BCUT2D eigenvalue weighted by atomic mass is 16.7. The summed E-state index contributed by atoms with van der Waals surface area (Å²) in [6.07, 6.45) is -10.1. The maximum Gasteiger partial charge on any atom is 0.187 e. The fraction of sp³-hybridized carbons (Fsp3) is 1.00. The van der Waals surface area contributed by atoms with E-state index in [4.69, 9.17) is 24.4 Å². The fourth-order valence-electron chi connectivity index (χ4n) is 2.15. The van der Waals surface area contributed by atoms with Gasteiger partial charge in [0.25, 0.3) is 0 Å². The number of rotatable bonds is 4. The van der Waals surface area contributed by atoms with Gasteiger partial charge in [-0.15, -0.1) is 0 Å². The van der Waals surface area contributed by atoms with E-state index in [0.717, 1.165) is 0 Å². The molecular formula is C10H18O9. The van der Waals surface area contributed by atoms with Crippen LogP contribution >= 0.6 is 0 Å². The minimum atomic E-state index is -1.49. The van der Waals surface area contributed by atoms with E-state index in [1.54, 1.807) is 0 Å². The second-order valence-corrected chi connectivity index (χ2v) is 4.55. The van der Waals surface area contributed by atoms with Gasteiger partial charge in [-0.25, -0.2) is 0 Å². The van der Waals surface area contributed by atoms with Crippen molar-refractivity contribution in [1.82, 2.24) is 0 Å². The van der Waals surface area contributed by atoms with E-state index in [1.807, 2.05) is 0 Å². The van der Waals surface area contributed by atoms with Crippen LogP contribution in [0, 0.1) is 0 Å². The molecule has 0 spiro atoms. The summed E-state index contributed by atoms with van der Waals surface area (Å²) in [5.41, 5.74) is 0. The Balaban J connectivity index is 1.98. The molecule has 0 unspecified atom stereocenters. The minimum absolute atomic E-state index is 0.506. The largest absolute Gasteiger partial charge is 0.394 e. The average Bonchev–Trinajstić information content (AvgIpc) is 2.83. The zero-order chi connectivity index (χ0) is 14.2. The molecule has 2 fully saturated rings. The molecule has 9 heteroatoms. The van der Waals surface area contributed by atoms with E-state index in [0.29, 0.717) is 0 Å². The zero-order valence-electron chi connectivity index (χ0n) is 9.94. The second-order valence-electron chi connectivity index (χ2n) is 4.55. The smallest absolute Gasteiger partial charge is 0.187 e. The van der Waals surface area contributed by atoms with Gasteiger partial charge >= 0.3 is 0 Å². The molecule has 19 heavy (non-hydrogen) atoms. The summed E-state index contributed by atoms with van der Waals surface area (Å²) in [7, 11) is 0. The van der Waals surface area contributed by atoms with Crippen LogP contribution in [0.3, 0.4) is 0 Å². The molecular weight excluding hydrogens is 264 g/mol. The van der Waals surface area contributed by atoms with Crippen LogP contribution < -0.4 is 0 Å². The molecule has 0 aromatic carbocycles. The molecule has 2 rings (SSSR count). The number of aliphatic hydroxyl groups is 6. The van der Waals surface area contributed by atoms with Crippen LogP contribution in [0.25, 0.3) is 0 Å². The molecule has 6 N–H and O–H groups in total. The van der Waals surface area contributed by atoms with Gasteiger partial charge in [0.1, 0.15) is 36.6 Å². The first kappa shape index (κ1) is 15.0. The van der Waals surface area contributed by atoms with Crippen LogP contribution in [0.4, 0.5) is 0 Å². The van der Waals surface area contributed by atoms with E-state index < -0.39 is 62.4 Å². The van der Waals surface area contributed by atoms with Crippen LogP contribution in [0.2, 0.25) is 0 Å². The Morgan fingerprint density at radius 2 is 1.37 bits per heavy atom. The Morgan fingerprint density at radius 1 is 0.789 bits per heavy atom. The van der Waals surface area contributed by atoms with Crippen LogP contribution in [0.5, 0.6) is 0 Å². The molecule has 0 aromatic rings. The SMILES string of the molecule is OC[C@H]1O[C@@H](O[C@H]2[C@H](O)[C@@H](CO)O[C@@H]2O)[C@@H](O)[C@@H]1O. The van der Waals surface area contributed by atoms with Gasteiger partial charge in [-0.2, -0.15) is 0 Å². The first-order valence-electron chi connectivity index (χ1n) is 5.90. The van der Waals surface area contributed by atoms with Crippen LogP contribution in [-0.4, -0.2) is 93.1 Å². The summed E-state index contributed by atoms with van der Waals surface area (Å²) in [5, 5.41) is 56.2. The lowest BCUT2D eigenvalue weighted by Gasteiger charge is -2.23. The van der Waals surface area contributed by atoms with E-state index >= 15 is 0 Å². The molecule has 2 heterocycles. The third-order valence-corrected chi connectivity index (χ3v) is 3.28. The molecule has 0 amide bonds. The van der Waals surface area contributed by atoms with Crippen molar-refractivity contribution in [2.45, 2.75) is 49.2 Å². The first-order chi connectivity index (χ1) is 8.99. The van der Waals surface area contributed by atoms with Gasteiger partial charge in [-0.3, -0.25) is 0 Å². The third kappa shape index (κ3) is 2.75. The molecule has 2 saturated heterocycles. The highest BCUT2D eigenvalue weighted by Gasteiger charge is 2.49. The molecule has 0 bridgehead atoms. The number of hydrogen-bond donors (Lipinski definition) is 6. The number of hydrogen-bond acceptors (Lipinski definition) is 9. The van der Waals surface area contributed by atoms with Gasteiger partial charge in [0, 0.05) is 0 Å². The van der Waals surface area contributed by atoms with E-state index in [2.05, 4.69) is 0 Å². The van der Waals surface area contributed by atoms with Crippen LogP contribution in [0.1, 0.15) is 0 Å². The van der Waals surface area contributed by atoms with Crippen LogP contribution in [-0.2, 0) is 14.2 Å². The molecule has 0 aliphatic carbocycles. The van der Waals surface area contributed by atoms with Crippen molar-refractivity contribution < 1.29 is 44.8 Å². The summed E-state index contributed by atoms with van der Waals surface area (Å²) in [6, 6.07) is 0. The van der Waals surface area contributed by atoms with Crippen molar-refractivity contribution in [2.24, 2.45) is 0 Å². The van der Waals surface area contributed by atoms with Gasteiger partial charge in [-0.1, -0.05) is 0 Å². The predicted molar refractivity (Wildman–Crippen MR) is 56.6 cm³/mol. The highest BCUT2D eigenvalue weighted by Crippen LogP contribution is 2.28. The van der Waals surface area contributed by atoms with E-state index in [9.17, 15) is 20.4 Å². The lowest BCUT2D eigenvalue weighted by molar-refractivity contribution is -0.236. The molecule has 9 nitrogen and oxygen atoms in total. The Kier molecular flexibility index (Phi) is 4.71. The monoisotopic (exact) mass is 282 g/mol. The number of ether oxygens (including phenoxy) is 3. The Bertz CT molecular complexity index is 301. The molecule has 0 saturated carbocycles. The Hall–Kier alpha value is -0.360. The van der Waals surface area contributed by atoms with Crippen molar-refractivity contribution in [3.8, 4) is 0 Å². The van der Waals surface area contributed by atoms with Gasteiger partial charge in [0.2, 0.25) is 0 Å². The molecule has 0 radical (unpaired) electrons. The second kappa shape index (κ2) is 5.95. The van der Waals surface area contributed by atoms with Gasteiger partial charge in [0.05, 0.1) is 13.2 Å². The van der Waals surface area contributed by atoms with E-state index in [-0.39, 0.29) is 0 Å². The van der Waals surface area contributed by atoms with Crippen molar-refractivity contribution in [3.63, 3.8) is 0 Å². The van der Waals surface area contributed by atoms with Crippen LogP contribution in [0.15, 0.2) is 0 Å². The molecule has 0 aromatic heterocycles. The predicted octanol–water partition coefficient (Wildman–Crippen LogP) is -4.12. The lowest BCUT2D eigenvalue weighted by atomic mass is 10.1. The average molecular weight is 282 g/mol. The van der Waals surface area contributed by atoms with E-state index in [1.165, 1.54) is 0 Å². The van der Waals surface area contributed by atoms with Gasteiger partial charge in [-0.05, 0) is 0 Å². The molecule has 2 aliphatic rings. The Morgan fingerprint density at radius 3 is 1.84 bits per heavy atom. The summed E-state index contributed by atoms with van der Waals surface area (Å²) in [6.45, 7) is -1.02. The summed E-state index contributed by atoms with van der Waals surface area (Å²) >= 11 is 0. The standard InChI is InChI=1S/C10H18O9/c11-1-3-5(13)7(15)10(18-3)19-8-6(14)4(2-12)17-9(8)16/h3-16H,1-2H2/t3-,4-,5-,6-,7+,8+,9+,10+/m1/s1. The molecule has 112 valence electrons. The van der Waals surface area contributed by atoms with Gasteiger partial charge in [0.15, 0.2) is 12.6 Å². The van der Waals surface area contributed by atoms with Crippen molar-refractivity contribution in [1.29, 1.82) is 0 Å². The first-order valence-corrected chi connectivity index (χ1v) is 5.90. The van der Waals surface area contributed by atoms with Crippen molar-refractivity contribution in [3.05, 3.63) is 0 Å². The zero-order valence-corrected chi connectivity index (χ0v) is 9.94. The maximum atomic E-state index is 9.74. The topological polar surface area (TPSA) is 149 Å². The van der Waals surface area contributed by atoms with Gasteiger partial charge < -0.3 is 44.8 Å². The molecule has 8 atom stereocenters. The maximum absolute atomic E-state index is 9.74. The normalized spacial score (nSPS) is 50.8.